The zero-order valence-corrected chi connectivity index (χ0v) is 8.28. The van der Waals surface area contributed by atoms with Crippen LogP contribution in [0, 0.1) is 6.92 Å². The normalized spacial score (nSPS) is 9.46. The van der Waals surface area contributed by atoms with E-state index in [1.165, 1.54) is 5.56 Å². The molecule has 0 bridgehead atoms. The van der Waals surface area contributed by atoms with E-state index in [4.69, 9.17) is 5.73 Å². The number of hydrogen-bond acceptors (Lipinski definition) is 2. The van der Waals surface area contributed by atoms with Crippen molar-refractivity contribution in [3.63, 3.8) is 0 Å². The van der Waals surface area contributed by atoms with Crippen LogP contribution in [-0.2, 0) is 0 Å². The van der Waals surface area contributed by atoms with E-state index in [1.54, 1.807) is 6.20 Å². The SMILES string of the molecule is CC.Cc1cccn2c(N)ncc12. The van der Waals surface area contributed by atoms with Crippen LogP contribution in [0.5, 0.6) is 0 Å². The number of fused-ring (bicyclic) bond motifs is 1. The second kappa shape index (κ2) is 3.94. The molecule has 0 saturated carbocycles. The van der Waals surface area contributed by atoms with Crippen molar-refractivity contribution in [2.75, 3.05) is 5.73 Å². The minimum Gasteiger partial charge on any atom is -0.369 e. The molecule has 0 atom stereocenters. The van der Waals surface area contributed by atoms with Crippen LogP contribution >= 0.6 is 0 Å². The standard InChI is InChI=1S/C8H9N3.C2H6/c1-6-3-2-4-11-7(6)5-10-8(11)9;1-2/h2-5H,1H3,(H2,9,10);1-2H3. The Labute approximate surface area is 78.2 Å². The minimum atomic E-state index is 0.545. The van der Waals surface area contributed by atoms with E-state index in [0.29, 0.717) is 5.95 Å². The minimum absolute atomic E-state index is 0.545. The Morgan fingerprint density at radius 1 is 1.38 bits per heavy atom. The molecule has 13 heavy (non-hydrogen) atoms. The van der Waals surface area contributed by atoms with Crippen LogP contribution in [-0.4, -0.2) is 9.38 Å². The lowest BCUT2D eigenvalue weighted by molar-refractivity contribution is 1.16. The van der Waals surface area contributed by atoms with Crippen LogP contribution in [0.2, 0.25) is 0 Å². The molecule has 2 aromatic rings. The van der Waals surface area contributed by atoms with Crippen LogP contribution < -0.4 is 5.73 Å². The van der Waals surface area contributed by atoms with Crippen LogP contribution in [0.25, 0.3) is 5.52 Å². The monoisotopic (exact) mass is 177 g/mol. The van der Waals surface area contributed by atoms with E-state index in [1.807, 2.05) is 43.5 Å². The number of rotatable bonds is 0. The first kappa shape index (κ1) is 9.58. The summed E-state index contributed by atoms with van der Waals surface area (Å²) in [5.41, 5.74) is 7.86. The lowest BCUT2D eigenvalue weighted by Crippen LogP contribution is -1.93. The molecule has 0 radical (unpaired) electrons. The first-order valence-electron chi connectivity index (χ1n) is 4.47. The molecule has 0 saturated heterocycles. The molecule has 0 amide bonds. The maximum absolute atomic E-state index is 5.60. The summed E-state index contributed by atoms with van der Waals surface area (Å²) < 4.78 is 1.87. The Morgan fingerprint density at radius 2 is 2.08 bits per heavy atom. The van der Waals surface area contributed by atoms with Gasteiger partial charge in [0.1, 0.15) is 0 Å². The summed E-state index contributed by atoms with van der Waals surface area (Å²) in [6.45, 7) is 6.04. The Hall–Kier alpha value is -1.51. The molecule has 3 heteroatoms. The highest BCUT2D eigenvalue weighted by molar-refractivity contribution is 5.56. The van der Waals surface area contributed by atoms with Crippen molar-refractivity contribution in [1.29, 1.82) is 0 Å². The van der Waals surface area contributed by atoms with Gasteiger partial charge < -0.3 is 5.73 Å². The average molecular weight is 177 g/mol. The Bertz CT molecular complexity index is 390. The van der Waals surface area contributed by atoms with Gasteiger partial charge in [0.2, 0.25) is 5.95 Å². The van der Waals surface area contributed by atoms with Gasteiger partial charge in [-0.3, -0.25) is 4.40 Å². The maximum atomic E-state index is 5.60. The zero-order chi connectivity index (χ0) is 9.84. The molecule has 2 heterocycles. The van der Waals surface area contributed by atoms with Crippen molar-refractivity contribution in [1.82, 2.24) is 9.38 Å². The van der Waals surface area contributed by atoms with Gasteiger partial charge in [0.25, 0.3) is 0 Å². The summed E-state index contributed by atoms with van der Waals surface area (Å²) in [6, 6.07) is 4.00. The van der Waals surface area contributed by atoms with Gasteiger partial charge in [0.15, 0.2) is 0 Å². The van der Waals surface area contributed by atoms with Gasteiger partial charge >= 0.3 is 0 Å². The number of nitrogens with two attached hydrogens (primary N) is 1. The van der Waals surface area contributed by atoms with Crippen LogP contribution in [0.1, 0.15) is 19.4 Å². The fraction of sp³-hybridized carbons (Fsp3) is 0.300. The van der Waals surface area contributed by atoms with Gasteiger partial charge in [-0.2, -0.15) is 0 Å². The van der Waals surface area contributed by atoms with Crippen molar-refractivity contribution in [3.8, 4) is 0 Å². The third-order valence-electron chi connectivity index (χ3n) is 1.81. The number of nitrogens with zero attached hydrogens (tertiary/aromatic N) is 2. The van der Waals surface area contributed by atoms with Gasteiger partial charge in [-0.15, -0.1) is 0 Å². The highest BCUT2D eigenvalue weighted by atomic mass is 15.1. The maximum Gasteiger partial charge on any atom is 0.204 e. The van der Waals surface area contributed by atoms with Gasteiger partial charge in [0.05, 0.1) is 11.7 Å². The molecule has 0 aromatic carbocycles. The van der Waals surface area contributed by atoms with Crippen LogP contribution in [0.15, 0.2) is 24.5 Å². The fourth-order valence-corrected chi connectivity index (χ4v) is 1.18. The molecule has 2 rings (SSSR count). The van der Waals surface area contributed by atoms with Crippen molar-refractivity contribution in [3.05, 3.63) is 30.1 Å². The summed E-state index contributed by atoms with van der Waals surface area (Å²) >= 11 is 0. The first-order valence-corrected chi connectivity index (χ1v) is 4.47. The van der Waals surface area contributed by atoms with Crippen molar-refractivity contribution >= 4 is 11.5 Å². The predicted octanol–water partition coefficient (Wildman–Crippen LogP) is 2.25. The van der Waals surface area contributed by atoms with Gasteiger partial charge in [-0.05, 0) is 18.6 Å². The summed E-state index contributed by atoms with van der Waals surface area (Å²) in [5.74, 6) is 0.545. The fourth-order valence-electron chi connectivity index (χ4n) is 1.18. The number of anilines is 1. The molecule has 0 spiro atoms. The van der Waals surface area contributed by atoms with E-state index in [-0.39, 0.29) is 0 Å². The zero-order valence-electron chi connectivity index (χ0n) is 8.28. The topological polar surface area (TPSA) is 43.3 Å². The van der Waals surface area contributed by atoms with E-state index in [2.05, 4.69) is 4.98 Å². The van der Waals surface area contributed by atoms with E-state index < -0.39 is 0 Å². The third kappa shape index (κ3) is 1.64. The number of nitrogen functional groups attached to an aromatic ring is 1. The van der Waals surface area contributed by atoms with Gasteiger partial charge in [-0.1, -0.05) is 19.9 Å². The van der Waals surface area contributed by atoms with Gasteiger partial charge in [0, 0.05) is 6.20 Å². The quantitative estimate of drug-likeness (QED) is 0.670. The summed E-state index contributed by atoms with van der Waals surface area (Å²) in [6.07, 6.45) is 3.69. The number of pyridine rings is 1. The largest absolute Gasteiger partial charge is 0.369 e. The van der Waals surface area contributed by atoms with Crippen LogP contribution in [0.4, 0.5) is 5.95 Å². The van der Waals surface area contributed by atoms with Crippen LogP contribution in [0.3, 0.4) is 0 Å². The smallest absolute Gasteiger partial charge is 0.204 e. The highest BCUT2D eigenvalue weighted by Gasteiger charge is 1.98. The molecule has 0 fully saturated rings. The Kier molecular flexibility index (Phi) is 2.90. The Balaban J connectivity index is 0.000000396. The molecular weight excluding hydrogens is 162 g/mol. The van der Waals surface area contributed by atoms with Crippen molar-refractivity contribution in [2.45, 2.75) is 20.8 Å². The summed E-state index contributed by atoms with van der Waals surface area (Å²) in [5, 5.41) is 0. The van der Waals surface area contributed by atoms with Crippen molar-refractivity contribution < 1.29 is 0 Å². The van der Waals surface area contributed by atoms with E-state index in [9.17, 15) is 0 Å². The second-order valence-corrected chi connectivity index (χ2v) is 2.56. The molecule has 2 aromatic heterocycles. The lowest BCUT2D eigenvalue weighted by Gasteiger charge is -1.96. The molecule has 3 nitrogen and oxygen atoms in total. The molecule has 0 aliphatic carbocycles. The lowest BCUT2D eigenvalue weighted by atomic mass is 10.3. The number of aryl methyl sites for hydroxylation is 1. The molecule has 2 N–H and O–H groups in total. The highest BCUT2D eigenvalue weighted by Crippen LogP contribution is 2.11. The van der Waals surface area contributed by atoms with Gasteiger partial charge in [-0.25, -0.2) is 4.98 Å². The number of hydrogen-bond donors (Lipinski definition) is 1. The van der Waals surface area contributed by atoms with E-state index in [0.717, 1.165) is 5.52 Å². The molecular formula is C10H15N3. The van der Waals surface area contributed by atoms with Crippen molar-refractivity contribution in [2.24, 2.45) is 0 Å². The molecule has 0 aliphatic rings. The first-order chi connectivity index (χ1) is 6.29. The third-order valence-corrected chi connectivity index (χ3v) is 1.81. The predicted molar refractivity (Wildman–Crippen MR) is 55.7 cm³/mol. The molecule has 0 unspecified atom stereocenters. The molecule has 0 aliphatic heterocycles. The Morgan fingerprint density at radius 3 is 2.69 bits per heavy atom. The number of aromatic nitrogens is 2. The summed E-state index contributed by atoms with van der Waals surface area (Å²) in [4.78, 5) is 4.00. The molecule has 70 valence electrons. The average Bonchev–Trinajstić information content (AvgIpc) is 2.53. The second-order valence-electron chi connectivity index (χ2n) is 2.56. The summed E-state index contributed by atoms with van der Waals surface area (Å²) in [7, 11) is 0. The number of imidazole rings is 1. The van der Waals surface area contributed by atoms with E-state index >= 15 is 0 Å².